The normalized spacial score (nSPS) is 13.9. The van der Waals surface area contributed by atoms with E-state index in [2.05, 4.69) is 12.2 Å². The van der Waals surface area contributed by atoms with E-state index in [1.807, 2.05) is 0 Å². The van der Waals surface area contributed by atoms with Crippen LogP contribution in [0.4, 0.5) is 0 Å². The summed E-state index contributed by atoms with van der Waals surface area (Å²) >= 11 is 1.59. The summed E-state index contributed by atoms with van der Waals surface area (Å²) in [6, 6.07) is -0.695. The molecule has 2 atom stereocenters. The quantitative estimate of drug-likeness (QED) is 0.468. The van der Waals surface area contributed by atoms with Crippen molar-refractivity contribution in [2.45, 2.75) is 37.5 Å². The maximum absolute atomic E-state index is 11.4. The number of carbonyl (C=O) groups excluding carboxylic acids is 1. The van der Waals surface area contributed by atoms with Crippen molar-refractivity contribution in [2.24, 2.45) is 5.73 Å². The highest BCUT2D eigenvalue weighted by molar-refractivity contribution is 7.99. The Morgan fingerprint density at radius 1 is 1.44 bits per heavy atom. The van der Waals surface area contributed by atoms with Crippen LogP contribution in [0.2, 0.25) is 0 Å². The lowest BCUT2D eigenvalue weighted by Crippen LogP contribution is -2.44. The zero-order valence-electron chi connectivity index (χ0n) is 10.6. The molecule has 6 nitrogen and oxygen atoms in total. The van der Waals surface area contributed by atoms with Crippen LogP contribution in [0.25, 0.3) is 0 Å². The van der Waals surface area contributed by atoms with Gasteiger partial charge in [-0.3, -0.25) is 9.59 Å². The minimum atomic E-state index is -1.08. The van der Waals surface area contributed by atoms with Crippen LogP contribution in [-0.4, -0.2) is 52.3 Å². The standard InChI is InChI=1S/C11H22N2O4S/c1-2-3-8(4-5-14)18-7-9(12)11(17)13-6-10(15)16/h8-9,14H,2-7,12H2,1H3,(H,13,17)(H,15,16)/p+1/t8?,9-/m0/s1. The number of hydrogen-bond donors (Lipinski definition) is 3. The lowest BCUT2D eigenvalue weighted by atomic mass is 10.2. The Morgan fingerprint density at radius 3 is 2.61 bits per heavy atom. The van der Waals surface area contributed by atoms with E-state index in [-0.39, 0.29) is 0 Å². The molecule has 0 saturated carbocycles. The van der Waals surface area contributed by atoms with Crippen LogP contribution in [0.5, 0.6) is 0 Å². The fourth-order valence-electron chi connectivity index (χ4n) is 1.40. The number of thioether (sulfide) groups is 1. The predicted molar refractivity (Wildman–Crippen MR) is 72.9 cm³/mol. The molecule has 0 rings (SSSR count). The summed E-state index contributed by atoms with van der Waals surface area (Å²) in [6.07, 6.45) is 2.84. The number of rotatable bonds is 10. The first-order chi connectivity index (χ1) is 8.51. The third-order valence-electron chi connectivity index (χ3n) is 2.34. The maximum atomic E-state index is 11.4. The number of carboxylic acids is 1. The van der Waals surface area contributed by atoms with Crippen LogP contribution < -0.4 is 11.1 Å². The molecule has 0 heterocycles. The van der Waals surface area contributed by atoms with Gasteiger partial charge in [0.25, 0.3) is 0 Å². The second kappa shape index (κ2) is 10.2. The molecule has 1 amide bonds. The second-order valence-electron chi connectivity index (χ2n) is 4.00. The Labute approximate surface area is 111 Å². The summed E-state index contributed by atoms with van der Waals surface area (Å²) in [5, 5.41) is 18.2. The zero-order chi connectivity index (χ0) is 14.0. The Morgan fingerprint density at radius 2 is 2.11 bits per heavy atom. The molecule has 7 heteroatoms. The van der Waals surface area contributed by atoms with E-state index in [0.29, 0.717) is 17.6 Å². The highest BCUT2D eigenvalue weighted by Gasteiger charge is 2.17. The third-order valence-corrected chi connectivity index (χ3v) is 3.83. The zero-order valence-corrected chi connectivity index (χ0v) is 11.5. The summed E-state index contributed by atoms with van der Waals surface area (Å²) in [4.78, 5) is 21.7. The highest BCUT2D eigenvalue weighted by Crippen LogP contribution is 2.20. The molecule has 1 unspecified atom stereocenters. The highest BCUT2D eigenvalue weighted by atomic mass is 32.2. The van der Waals surface area contributed by atoms with Gasteiger partial charge in [-0.15, -0.1) is 0 Å². The molecule has 0 aliphatic rings. The number of carbonyl (C=O) groups is 2. The maximum Gasteiger partial charge on any atom is 0.322 e. The van der Waals surface area contributed by atoms with E-state index in [9.17, 15) is 9.59 Å². The lowest BCUT2D eigenvalue weighted by Gasteiger charge is -2.16. The summed E-state index contributed by atoms with van der Waals surface area (Å²) < 4.78 is 0. The third kappa shape index (κ3) is 8.32. The van der Waals surface area contributed by atoms with Crippen LogP contribution in [0.3, 0.4) is 0 Å². The van der Waals surface area contributed by atoms with Crippen molar-refractivity contribution < 1.29 is 19.8 Å². The van der Waals surface area contributed by atoms with E-state index in [4.69, 9.17) is 15.9 Å². The molecule has 0 aromatic heterocycles. The summed E-state index contributed by atoms with van der Waals surface area (Å²) in [6.45, 7) is 2.05. The van der Waals surface area contributed by atoms with Gasteiger partial charge in [-0.05, 0) is 6.42 Å². The summed E-state index contributed by atoms with van der Waals surface area (Å²) in [5.74, 6) is -1.07. The largest absolute Gasteiger partial charge is 0.480 e. The Kier molecular flexibility index (Phi) is 9.72. The van der Waals surface area contributed by atoms with Gasteiger partial charge in [0.1, 0.15) is 13.2 Å². The Balaban J connectivity index is 3.93. The van der Waals surface area contributed by atoms with Crippen molar-refractivity contribution in [2.75, 3.05) is 18.9 Å². The van der Waals surface area contributed by atoms with Gasteiger partial charge >= 0.3 is 5.97 Å². The minimum Gasteiger partial charge on any atom is -0.480 e. The van der Waals surface area contributed by atoms with Gasteiger partial charge in [-0.25, -0.2) is 0 Å². The van der Waals surface area contributed by atoms with E-state index in [0.717, 1.165) is 19.3 Å². The van der Waals surface area contributed by atoms with E-state index in [1.165, 1.54) is 0 Å². The van der Waals surface area contributed by atoms with Gasteiger partial charge in [-0.2, -0.15) is 11.8 Å². The first-order valence-corrected chi connectivity index (χ1v) is 7.07. The Hall–Kier alpha value is -0.790. The molecule has 0 aliphatic carbocycles. The van der Waals surface area contributed by atoms with Gasteiger partial charge in [0.05, 0.1) is 6.04 Å². The van der Waals surface area contributed by atoms with Gasteiger partial charge < -0.3 is 21.3 Å². The van der Waals surface area contributed by atoms with Crippen LogP contribution in [0.15, 0.2) is 0 Å². The molecule has 0 saturated heterocycles. The number of nitrogens with one attached hydrogen (secondary N) is 1. The lowest BCUT2D eigenvalue weighted by molar-refractivity contribution is -0.138. The van der Waals surface area contributed by atoms with Crippen LogP contribution in [0, 0.1) is 0 Å². The van der Waals surface area contributed by atoms with Crippen LogP contribution in [0.1, 0.15) is 26.2 Å². The SMILES string of the molecule is CCCC(CC[OH2+])SC[C@H](N)C(=O)NCC(=O)O. The summed E-state index contributed by atoms with van der Waals surface area (Å²) in [5.41, 5.74) is 5.67. The van der Waals surface area contributed by atoms with E-state index >= 15 is 0 Å². The van der Waals surface area contributed by atoms with Gasteiger partial charge in [0, 0.05) is 17.4 Å². The van der Waals surface area contributed by atoms with E-state index in [1.54, 1.807) is 11.8 Å². The molecule has 0 fully saturated rings. The number of amides is 1. The molecular formula is C11H23N2O4S+. The average molecular weight is 279 g/mol. The smallest absolute Gasteiger partial charge is 0.322 e. The first kappa shape index (κ1) is 17.2. The van der Waals surface area contributed by atoms with Crippen molar-refractivity contribution in [3.8, 4) is 0 Å². The monoisotopic (exact) mass is 279 g/mol. The molecule has 0 bridgehead atoms. The average Bonchev–Trinajstić information content (AvgIpc) is 2.33. The number of nitrogens with two attached hydrogens (primary N) is 1. The fraction of sp³-hybridized carbons (Fsp3) is 0.818. The topological polar surface area (TPSA) is 115 Å². The molecule has 6 N–H and O–H groups in total. The number of carboxylic acid groups (broad SMARTS) is 1. The van der Waals surface area contributed by atoms with Crippen molar-refractivity contribution in [3.05, 3.63) is 0 Å². The second-order valence-corrected chi connectivity index (χ2v) is 5.33. The molecular weight excluding hydrogens is 256 g/mol. The van der Waals surface area contributed by atoms with Gasteiger partial charge in [-0.1, -0.05) is 13.3 Å². The molecule has 0 aliphatic heterocycles. The molecule has 0 radical (unpaired) electrons. The molecule has 18 heavy (non-hydrogen) atoms. The van der Waals surface area contributed by atoms with Crippen molar-refractivity contribution in [1.29, 1.82) is 0 Å². The molecule has 0 aromatic carbocycles. The number of aliphatic carboxylic acids is 1. The summed E-state index contributed by atoms with van der Waals surface area (Å²) in [7, 11) is 0. The van der Waals surface area contributed by atoms with Crippen molar-refractivity contribution >= 4 is 23.6 Å². The molecule has 0 aromatic rings. The minimum absolute atomic E-state index is 0.353. The molecule has 106 valence electrons. The van der Waals surface area contributed by atoms with Crippen molar-refractivity contribution in [3.63, 3.8) is 0 Å². The fourth-order valence-corrected chi connectivity index (χ4v) is 2.72. The van der Waals surface area contributed by atoms with Gasteiger partial charge in [0.2, 0.25) is 5.91 Å². The van der Waals surface area contributed by atoms with E-state index < -0.39 is 24.5 Å². The van der Waals surface area contributed by atoms with Crippen LogP contribution in [-0.2, 0) is 9.59 Å². The first-order valence-electron chi connectivity index (χ1n) is 6.02. The Bertz CT molecular complexity index is 257. The number of hydrogen-bond acceptors (Lipinski definition) is 4. The van der Waals surface area contributed by atoms with Gasteiger partial charge in [0.15, 0.2) is 0 Å². The molecule has 0 spiro atoms. The predicted octanol–water partition coefficient (Wildman–Crippen LogP) is -0.469. The van der Waals surface area contributed by atoms with Crippen molar-refractivity contribution in [1.82, 2.24) is 5.32 Å². The van der Waals surface area contributed by atoms with Crippen LogP contribution >= 0.6 is 11.8 Å².